The third kappa shape index (κ3) is 9.27. The number of nitrogens with zero attached hydrogens (tertiary/aromatic N) is 1. The third-order valence-corrected chi connectivity index (χ3v) is 5.86. The van der Waals surface area contributed by atoms with Crippen LogP contribution in [0.4, 0.5) is 14.9 Å². The van der Waals surface area contributed by atoms with E-state index in [1.807, 2.05) is 20.8 Å². The van der Waals surface area contributed by atoms with Gasteiger partial charge in [-0.25, -0.2) is 9.18 Å². The fraction of sp³-hybridized carbons (Fsp3) is 0.640. The Morgan fingerprint density at radius 1 is 1.14 bits per heavy atom. The lowest BCUT2D eigenvalue weighted by Gasteiger charge is -2.32. The summed E-state index contributed by atoms with van der Waals surface area (Å²) in [4.78, 5) is 37.2. The molecule has 1 unspecified atom stereocenters. The Balaban J connectivity index is 1.26. The number of anilines is 1. The van der Waals surface area contributed by atoms with Crippen LogP contribution in [0.15, 0.2) is 18.2 Å². The molecule has 2 aliphatic heterocycles. The second-order valence-corrected chi connectivity index (χ2v) is 10.0. The molecule has 2 heterocycles. The lowest BCUT2D eigenvalue weighted by atomic mass is 10.1. The Bertz CT molecular complexity index is 914. The normalized spacial score (nSPS) is 19.5. The summed E-state index contributed by atoms with van der Waals surface area (Å²) < 4.78 is 30.8. The molecule has 1 aromatic rings. The van der Waals surface area contributed by atoms with Crippen LogP contribution in [0.3, 0.4) is 0 Å². The van der Waals surface area contributed by atoms with E-state index >= 15 is 0 Å². The van der Waals surface area contributed by atoms with Crippen molar-refractivity contribution in [3.05, 3.63) is 24.0 Å². The van der Waals surface area contributed by atoms with Crippen LogP contribution in [0.25, 0.3) is 0 Å². The van der Waals surface area contributed by atoms with Gasteiger partial charge in [-0.3, -0.25) is 14.9 Å². The summed E-state index contributed by atoms with van der Waals surface area (Å²) in [6.07, 6.45) is 1.95. The van der Waals surface area contributed by atoms with Crippen LogP contribution in [0.5, 0.6) is 5.75 Å². The monoisotopic (exact) mass is 508 g/mol. The number of carbonyl (C=O) groups is 3. The first-order valence-corrected chi connectivity index (χ1v) is 12.4. The minimum Gasteiger partial charge on any atom is -0.488 e. The van der Waals surface area contributed by atoms with Gasteiger partial charge in [0.05, 0.1) is 13.2 Å². The van der Waals surface area contributed by atoms with E-state index in [1.165, 1.54) is 12.1 Å². The van der Waals surface area contributed by atoms with Gasteiger partial charge in [-0.05, 0) is 52.2 Å². The fourth-order valence-corrected chi connectivity index (χ4v) is 4.02. The molecule has 2 saturated heterocycles. The van der Waals surface area contributed by atoms with E-state index in [-0.39, 0.29) is 36.8 Å². The Labute approximate surface area is 211 Å². The van der Waals surface area contributed by atoms with Crippen molar-refractivity contribution in [3.63, 3.8) is 0 Å². The smallest absolute Gasteiger partial charge is 0.407 e. The van der Waals surface area contributed by atoms with E-state index in [2.05, 4.69) is 20.9 Å². The van der Waals surface area contributed by atoms with Gasteiger partial charge in [0.1, 0.15) is 18.2 Å². The first kappa shape index (κ1) is 27.7. The highest BCUT2D eigenvalue weighted by Crippen LogP contribution is 2.23. The van der Waals surface area contributed by atoms with Gasteiger partial charge in [0.15, 0.2) is 11.6 Å². The standard InChI is InChI=1S/C25H37FN4O6/c1-25(2,3)36-24(33)28-17-8-10-30(11-9-17)12-13-34-14-15-35-21-6-4-18(16-19(21)26)27-20-5-7-22(31)29-23(20)32/h4,6,16-17,20,27H,5,7-15H2,1-3H3,(H,28,33)(H,29,31,32). The Morgan fingerprint density at radius 3 is 2.56 bits per heavy atom. The summed E-state index contributed by atoms with van der Waals surface area (Å²) in [7, 11) is 0. The second kappa shape index (κ2) is 12.9. The van der Waals surface area contributed by atoms with Crippen LogP contribution in [-0.2, 0) is 19.1 Å². The Hall–Kier alpha value is -2.92. The van der Waals surface area contributed by atoms with Crippen molar-refractivity contribution >= 4 is 23.6 Å². The van der Waals surface area contributed by atoms with Crippen molar-refractivity contribution in [2.24, 2.45) is 0 Å². The van der Waals surface area contributed by atoms with Crippen molar-refractivity contribution in [2.45, 2.75) is 64.1 Å². The first-order chi connectivity index (χ1) is 17.1. The van der Waals surface area contributed by atoms with Crippen molar-refractivity contribution in [3.8, 4) is 5.75 Å². The molecule has 1 atom stereocenters. The summed E-state index contributed by atoms with van der Waals surface area (Å²) >= 11 is 0. The Kier molecular flexibility index (Phi) is 9.89. The number of likely N-dealkylation sites (tertiary alicyclic amines) is 1. The number of alkyl carbamates (subject to hydrolysis) is 1. The van der Waals surface area contributed by atoms with Gasteiger partial charge in [-0.15, -0.1) is 0 Å². The van der Waals surface area contributed by atoms with E-state index in [9.17, 15) is 18.8 Å². The van der Waals surface area contributed by atoms with Gasteiger partial charge >= 0.3 is 6.09 Å². The zero-order valence-corrected chi connectivity index (χ0v) is 21.2. The molecule has 200 valence electrons. The SMILES string of the molecule is CC(C)(C)OC(=O)NC1CCN(CCOCCOc2ccc(NC3CCC(=O)NC3=O)cc2F)CC1. The van der Waals surface area contributed by atoms with Gasteiger partial charge < -0.3 is 29.7 Å². The molecule has 3 rings (SSSR count). The van der Waals surface area contributed by atoms with Crippen LogP contribution in [0, 0.1) is 5.82 Å². The highest BCUT2D eigenvalue weighted by molar-refractivity contribution is 6.01. The number of piperidine rings is 2. The summed E-state index contributed by atoms with van der Waals surface area (Å²) in [5.41, 5.74) is -0.0636. The minimum atomic E-state index is -0.575. The molecule has 11 heteroatoms. The maximum Gasteiger partial charge on any atom is 0.407 e. The number of imide groups is 1. The molecule has 1 aromatic carbocycles. The number of hydrogen-bond acceptors (Lipinski definition) is 8. The average Bonchev–Trinajstić information content (AvgIpc) is 2.79. The number of amides is 3. The number of benzene rings is 1. The van der Waals surface area contributed by atoms with E-state index in [0.717, 1.165) is 32.5 Å². The number of nitrogens with one attached hydrogen (secondary N) is 3. The molecule has 0 radical (unpaired) electrons. The van der Waals surface area contributed by atoms with Crippen molar-refractivity contribution in [1.29, 1.82) is 0 Å². The van der Waals surface area contributed by atoms with Crippen LogP contribution >= 0.6 is 0 Å². The molecule has 3 amide bonds. The molecule has 0 aromatic heterocycles. The number of hydrogen-bond donors (Lipinski definition) is 3. The topological polar surface area (TPSA) is 118 Å². The van der Waals surface area contributed by atoms with Crippen LogP contribution in [0.1, 0.15) is 46.5 Å². The quantitative estimate of drug-likeness (QED) is 0.326. The molecule has 36 heavy (non-hydrogen) atoms. The maximum absolute atomic E-state index is 14.4. The largest absolute Gasteiger partial charge is 0.488 e. The van der Waals surface area contributed by atoms with Crippen LogP contribution < -0.4 is 20.7 Å². The predicted octanol–water partition coefficient (Wildman–Crippen LogP) is 2.43. The number of carbonyl (C=O) groups excluding carboxylic acids is 3. The highest BCUT2D eigenvalue weighted by Gasteiger charge is 2.26. The van der Waals surface area contributed by atoms with Gasteiger partial charge in [0.25, 0.3) is 0 Å². The summed E-state index contributed by atoms with van der Waals surface area (Å²) in [5.74, 6) is -1.15. The molecule has 10 nitrogen and oxygen atoms in total. The van der Waals surface area contributed by atoms with E-state index < -0.39 is 23.4 Å². The van der Waals surface area contributed by atoms with Gasteiger partial charge in [-0.1, -0.05) is 0 Å². The average molecular weight is 509 g/mol. The first-order valence-electron chi connectivity index (χ1n) is 12.4. The van der Waals surface area contributed by atoms with Crippen LogP contribution in [0.2, 0.25) is 0 Å². The third-order valence-electron chi connectivity index (χ3n) is 5.86. The zero-order valence-electron chi connectivity index (χ0n) is 21.2. The molecular formula is C25H37FN4O6. The molecule has 2 aliphatic rings. The maximum atomic E-state index is 14.4. The van der Waals surface area contributed by atoms with E-state index in [1.54, 1.807) is 6.07 Å². The summed E-state index contributed by atoms with van der Waals surface area (Å²) in [6.45, 7) is 9.10. The van der Waals surface area contributed by atoms with Gasteiger partial charge in [0.2, 0.25) is 11.8 Å². The summed E-state index contributed by atoms with van der Waals surface area (Å²) in [5, 5.41) is 8.13. The van der Waals surface area contributed by atoms with E-state index in [4.69, 9.17) is 14.2 Å². The minimum absolute atomic E-state index is 0.104. The molecule has 3 N–H and O–H groups in total. The zero-order chi connectivity index (χ0) is 26.1. The summed E-state index contributed by atoms with van der Waals surface area (Å²) in [6, 6.07) is 3.94. The highest BCUT2D eigenvalue weighted by atomic mass is 19.1. The van der Waals surface area contributed by atoms with Crippen molar-refractivity contribution < 1.29 is 33.0 Å². The van der Waals surface area contributed by atoms with Crippen molar-refractivity contribution in [2.75, 3.05) is 44.8 Å². The number of rotatable bonds is 10. The van der Waals surface area contributed by atoms with Crippen molar-refractivity contribution in [1.82, 2.24) is 15.5 Å². The number of ether oxygens (including phenoxy) is 3. The van der Waals surface area contributed by atoms with Crippen LogP contribution in [-0.4, -0.2) is 79.9 Å². The van der Waals surface area contributed by atoms with Gasteiger partial charge in [-0.2, -0.15) is 0 Å². The lowest BCUT2D eigenvalue weighted by molar-refractivity contribution is -0.133. The molecule has 0 aliphatic carbocycles. The molecule has 0 spiro atoms. The number of halogens is 1. The molecule has 0 saturated carbocycles. The molecule has 0 bridgehead atoms. The predicted molar refractivity (Wildman–Crippen MR) is 131 cm³/mol. The van der Waals surface area contributed by atoms with Gasteiger partial charge in [0, 0.05) is 43.9 Å². The molecule has 2 fully saturated rings. The second-order valence-electron chi connectivity index (χ2n) is 10.0. The fourth-order valence-electron chi connectivity index (χ4n) is 4.02. The van der Waals surface area contributed by atoms with E-state index in [0.29, 0.717) is 25.3 Å². The Morgan fingerprint density at radius 2 is 1.89 bits per heavy atom. The molecular weight excluding hydrogens is 471 g/mol. The lowest BCUT2D eigenvalue weighted by Crippen LogP contribution is -2.47.